The monoisotopic (exact) mass is 483 g/mol. The quantitative estimate of drug-likeness (QED) is 0.143. The zero-order valence-electron chi connectivity index (χ0n) is 21.0. The molecule has 1 atom stereocenters. The van der Waals surface area contributed by atoms with Crippen LogP contribution in [0.3, 0.4) is 0 Å². The number of benzene rings is 3. The first-order valence-electron chi connectivity index (χ1n) is 11.5. The van der Waals surface area contributed by atoms with Crippen molar-refractivity contribution in [3.05, 3.63) is 105 Å². The average molecular weight is 484 g/mol. The number of para-hydroxylation sites is 1. The van der Waals surface area contributed by atoms with Crippen LogP contribution in [0.4, 0.5) is 11.4 Å². The molecule has 0 spiro atoms. The Morgan fingerprint density at radius 2 is 1.47 bits per heavy atom. The molecule has 0 heterocycles. The van der Waals surface area contributed by atoms with E-state index in [9.17, 15) is 14.4 Å². The fourth-order valence-corrected chi connectivity index (χ4v) is 4.05. The largest absolute Gasteiger partial charge is 0.349 e. The van der Waals surface area contributed by atoms with Gasteiger partial charge in [0, 0.05) is 21.7 Å². The fraction of sp³-hybridized carbons (Fsp3) is 0.250. The second-order valence-corrected chi connectivity index (χ2v) is 9.50. The SMILES string of the molecule is Cc1cccc(C)c1N(C(=O)C(=O)c1ccccc1)C(C(=O)NC(C)(C)C)c1ccccc1N=[N+]=[N-]. The standard InChI is InChI=1S/C28H29N5O3/c1-18-12-11-13-19(2)23(18)33(27(36)25(34)20-14-7-6-8-15-20)24(26(35)30-28(3,4)5)21-16-9-10-17-22(21)31-32-29/h6-17,24H,1-5H3,(H,30,35). The van der Waals surface area contributed by atoms with E-state index in [-0.39, 0.29) is 11.3 Å². The molecule has 0 fully saturated rings. The van der Waals surface area contributed by atoms with Crippen LogP contribution < -0.4 is 10.2 Å². The van der Waals surface area contributed by atoms with Crippen LogP contribution in [0.15, 0.2) is 77.9 Å². The zero-order chi connectivity index (χ0) is 26.5. The number of hydrogen-bond acceptors (Lipinski definition) is 4. The van der Waals surface area contributed by atoms with Crippen molar-refractivity contribution in [2.45, 2.75) is 46.2 Å². The van der Waals surface area contributed by atoms with Crippen molar-refractivity contribution in [2.75, 3.05) is 4.90 Å². The molecule has 0 aromatic heterocycles. The number of nitrogens with zero attached hydrogens (tertiary/aromatic N) is 4. The van der Waals surface area contributed by atoms with Gasteiger partial charge in [0.1, 0.15) is 6.04 Å². The summed E-state index contributed by atoms with van der Waals surface area (Å²) in [5.41, 5.74) is 11.1. The summed E-state index contributed by atoms with van der Waals surface area (Å²) in [6.07, 6.45) is 0. The van der Waals surface area contributed by atoms with Crippen LogP contribution >= 0.6 is 0 Å². The van der Waals surface area contributed by atoms with Crippen LogP contribution in [0.2, 0.25) is 0 Å². The van der Waals surface area contributed by atoms with Gasteiger partial charge in [-0.15, -0.1) is 0 Å². The molecule has 0 radical (unpaired) electrons. The highest BCUT2D eigenvalue weighted by Gasteiger charge is 2.39. The Morgan fingerprint density at radius 3 is 2.06 bits per heavy atom. The van der Waals surface area contributed by atoms with Gasteiger partial charge in [-0.25, -0.2) is 0 Å². The van der Waals surface area contributed by atoms with E-state index < -0.39 is 29.2 Å². The normalized spacial score (nSPS) is 11.7. The maximum absolute atomic E-state index is 14.0. The Hall–Kier alpha value is -4.42. The van der Waals surface area contributed by atoms with Gasteiger partial charge in [-0.2, -0.15) is 0 Å². The average Bonchev–Trinajstić information content (AvgIpc) is 2.83. The second-order valence-electron chi connectivity index (χ2n) is 9.50. The molecule has 0 aliphatic rings. The molecule has 2 amide bonds. The van der Waals surface area contributed by atoms with Crippen LogP contribution in [0, 0.1) is 13.8 Å². The Kier molecular flexibility index (Phi) is 7.92. The molecule has 1 unspecified atom stereocenters. The minimum Gasteiger partial charge on any atom is -0.349 e. The van der Waals surface area contributed by atoms with Gasteiger partial charge in [-0.05, 0) is 56.8 Å². The van der Waals surface area contributed by atoms with Crippen LogP contribution in [-0.4, -0.2) is 23.1 Å². The molecule has 0 saturated carbocycles. The van der Waals surface area contributed by atoms with E-state index in [0.29, 0.717) is 22.4 Å². The first kappa shape index (κ1) is 26.2. The summed E-state index contributed by atoms with van der Waals surface area (Å²) in [6.45, 7) is 9.09. The number of amides is 2. The van der Waals surface area contributed by atoms with Gasteiger partial charge in [0.15, 0.2) is 0 Å². The van der Waals surface area contributed by atoms with Crippen LogP contribution in [0.5, 0.6) is 0 Å². The Labute approximate surface area is 210 Å². The number of anilines is 1. The lowest BCUT2D eigenvalue weighted by Gasteiger charge is -2.35. The number of ketones is 1. The van der Waals surface area contributed by atoms with Crippen molar-refractivity contribution >= 4 is 29.0 Å². The summed E-state index contributed by atoms with van der Waals surface area (Å²) in [5.74, 6) is -2.14. The van der Waals surface area contributed by atoms with Crippen LogP contribution in [0.1, 0.15) is 53.9 Å². The van der Waals surface area contributed by atoms with Gasteiger partial charge in [0.05, 0.1) is 5.69 Å². The molecule has 1 N–H and O–H groups in total. The minimum absolute atomic E-state index is 0.185. The summed E-state index contributed by atoms with van der Waals surface area (Å²) in [5, 5.41) is 6.70. The van der Waals surface area contributed by atoms with E-state index in [0.717, 1.165) is 0 Å². The molecule has 0 aliphatic heterocycles. The second kappa shape index (κ2) is 10.9. The van der Waals surface area contributed by atoms with Crippen molar-refractivity contribution in [3.8, 4) is 0 Å². The zero-order valence-corrected chi connectivity index (χ0v) is 21.0. The van der Waals surface area contributed by atoms with Gasteiger partial charge in [0.2, 0.25) is 5.91 Å². The van der Waals surface area contributed by atoms with Gasteiger partial charge in [-0.3, -0.25) is 19.3 Å². The fourth-order valence-electron chi connectivity index (χ4n) is 4.05. The van der Waals surface area contributed by atoms with E-state index in [4.69, 9.17) is 5.53 Å². The highest BCUT2D eigenvalue weighted by atomic mass is 16.2. The lowest BCUT2D eigenvalue weighted by Crippen LogP contribution is -2.51. The smallest absolute Gasteiger partial charge is 0.300 e. The molecule has 8 nitrogen and oxygen atoms in total. The summed E-state index contributed by atoms with van der Waals surface area (Å²) in [4.78, 5) is 45.4. The third kappa shape index (κ3) is 5.79. The lowest BCUT2D eigenvalue weighted by molar-refractivity contribution is -0.126. The van der Waals surface area contributed by atoms with Crippen molar-refractivity contribution in [1.82, 2.24) is 5.32 Å². The number of azide groups is 1. The molecule has 0 saturated heterocycles. The van der Waals surface area contributed by atoms with E-state index in [2.05, 4.69) is 15.3 Å². The van der Waals surface area contributed by atoms with Crippen LogP contribution in [-0.2, 0) is 9.59 Å². The third-order valence-electron chi connectivity index (χ3n) is 5.52. The van der Waals surface area contributed by atoms with Crippen LogP contribution in [0.25, 0.3) is 10.4 Å². The van der Waals surface area contributed by atoms with Crippen molar-refractivity contribution in [3.63, 3.8) is 0 Å². The molecule has 184 valence electrons. The number of carbonyl (C=O) groups excluding carboxylic acids is 3. The number of aryl methyl sites for hydroxylation is 2. The summed E-state index contributed by atoms with van der Waals surface area (Å²) in [7, 11) is 0. The molecule has 8 heteroatoms. The first-order chi connectivity index (χ1) is 17.0. The van der Waals surface area contributed by atoms with E-state index in [1.807, 2.05) is 52.8 Å². The lowest BCUT2D eigenvalue weighted by atomic mass is 9.96. The third-order valence-corrected chi connectivity index (χ3v) is 5.52. The highest BCUT2D eigenvalue weighted by Crippen LogP contribution is 2.37. The van der Waals surface area contributed by atoms with Crippen molar-refractivity contribution < 1.29 is 14.4 Å². The van der Waals surface area contributed by atoms with Gasteiger partial charge >= 0.3 is 0 Å². The summed E-state index contributed by atoms with van der Waals surface area (Å²) < 4.78 is 0. The molecular weight excluding hydrogens is 454 g/mol. The number of Topliss-reactive ketones (excluding diaryl/α,β-unsaturated/α-hetero) is 1. The molecule has 3 aromatic carbocycles. The predicted octanol–water partition coefficient (Wildman–Crippen LogP) is 6.12. The topological polar surface area (TPSA) is 115 Å². The molecule has 36 heavy (non-hydrogen) atoms. The minimum atomic E-state index is -1.29. The summed E-state index contributed by atoms with van der Waals surface area (Å²) in [6, 6.07) is 18.9. The number of nitrogens with one attached hydrogen (secondary N) is 1. The Balaban J connectivity index is 2.34. The van der Waals surface area contributed by atoms with Gasteiger partial charge < -0.3 is 5.32 Å². The number of carbonyl (C=O) groups is 3. The summed E-state index contributed by atoms with van der Waals surface area (Å²) >= 11 is 0. The Morgan fingerprint density at radius 1 is 0.889 bits per heavy atom. The van der Waals surface area contributed by atoms with Crippen molar-refractivity contribution in [2.24, 2.45) is 5.11 Å². The highest BCUT2D eigenvalue weighted by molar-refractivity contribution is 6.47. The van der Waals surface area contributed by atoms with E-state index in [1.54, 1.807) is 54.6 Å². The van der Waals surface area contributed by atoms with E-state index >= 15 is 0 Å². The van der Waals surface area contributed by atoms with Gasteiger partial charge in [0.25, 0.3) is 11.7 Å². The molecule has 3 rings (SSSR count). The first-order valence-corrected chi connectivity index (χ1v) is 11.5. The van der Waals surface area contributed by atoms with Gasteiger partial charge in [-0.1, -0.05) is 77.9 Å². The number of hydrogen-bond donors (Lipinski definition) is 1. The van der Waals surface area contributed by atoms with Crippen molar-refractivity contribution in [1.29, 1.82) is 0 Å². The molecule has 3 aromatic rings. The molecular formula is C28H29N5O3. The molecule has 0 aliphatic carbocycles. The maximum Gasteiger partial charge on any atom is 0.300 e. The number of rotatable bonds is 7. The maximum atomic E-state index is 14.0. The predicted molar refractivity (Wildman–Crippen MR) is 140 cm³/mol. The molecule has 0 bridgehead atoms. The van der Waals surface area contributed by atoms with E-state index in [1.165, 1.54) is 4.90 Å². The Bertz CT molecular complexity index is 1320.